The second-order valence-electron chi connectivity index (χ2n) is 0. The first kappa shape index (κ1) is 65.9. The van der Waals surface area contributed by atoms with Gasteiger partial charge in [-0.1, -0.05) is 0 Å². The van der Waals surface area contributed by atoms with E-state index in [0.717, 1.165) is 0 Å². The van der Waals surface area contributed by atoms with Crippen LogP contribution in [0.15, 0.2) is 0 Å². The summed E-state index contributed by atoms with van der Waals surface area (Å²) in [5, 5.41) is 0. The van der Waals surface area contributed by atoms with Crippen LogP contribution in [-0.4, -0.2) is 17.4 Å². The van der Waals surface area contributed by atoms with E-state index in [1.807, 2.05) is 0 Å². The molecule has 0 saturated carbocycles. The van der Waals surface area contributed by atoms with Crippen LogP contribution in [0, 0.1) is 0 Å². The molecule has 2 nitrogen and oxygen atoms in total. The molecule has 0 amide bonds. The topological polar surface area (TPSA) is 57.0 Å². The van der Waals surface area contributed by atoms with Gasteiger partial charge in [0, 0.05) is 0 Å². The van der Waals surface area contributed by atoms with Crippen molar-refractivity contribution < 1.29 is 32.7 Å². The first-order valence-corrected chi connectivity index (χ1v) is 0. The van der Waals surface area contributed by atoms with Gasteiger partial charge in [-0.05, 0) is 0 Å². The van der Waals surface area contributed by atoms with Gasteiger partial charge in [0.15, 0.2) is 0 Å². The van der Waals surface area contributed by atoms with Crippen LogP contribution in [0.2, 0.25) is 0 Å². The third-order valence-corrected chi connectivity index (χ3v) is 0. The molecule has 0 unspecified atom stereocenters. The Labute approximate surface area is 50.2 Å². The summed E-state index contributed by atoms with van der Waals surface area (Å²) in [5.74, 6) is 0. The van der Waals surface area contributed by atoms with Crippen LogP contribution in [0.4, 0.5) is 0 Å². The Bertz CT molecular complexity index is 6.00. The summed E-state index contributed by atoms with van der Waals surface area (Å²) in [6.07, 6.45) is 0. The van der Waals surface area contributed by atoms with Gasteiger partial charge in [0.25, 0.3) is 0 Å². The van der Waals surface area contributed by atoms with E-state index in [1.54, 1.807) is 0 Å². The molecule has 0 aliphatic heterocycles. The Morgan fingerprint density at radius 2 is 0.750 bits per heavy atom. The maximum Gasteiger partial charge on any atom is 4.00 e. The standard InChI is InChI=1S/Al.2O.Ti/q+3;2*-2;+4. The Kier molecular flexibility index (Phi) is 506. The predicted molar refractivity (Wildman–Crippen MR) is 7.13 cm³/mol. The molecule has 16 valence electrons. The Morgan fingerprint density at radius 3 is 0.750 bits per heavy atom. The summed E-state index contributed by atoms with van der Waals surface area (Å²) in [4.78, 5) is 0. The van der Waals surface area contributed by atoms with Gasteiger partial charge in [-0.25, -0.2) is 0 Å². The van der Waals surface area contributed by atoms with Gasteiger partial charge in [-0.15, -0.1) is 0 Å². The van der Waals surface area contributed by atoms with Crippen LogP contribution >= 0.6 is 0 Å². The molecule has 0 aliphatic carbocycles. The number of rotatable bonds is 0. The van der Waals surface area contributed by atoms with Gasteiger partial charge in [0.1, 0.15) is 0 Å². The van der Waals surface area contributed by atoms with Crippen molar-refractivity contribution in [1.29, 1.82) is 0 Å². The van der Waals surface area contributed by atoms with Crippen LogP contribution in [0.1, 0.15) is 0 Å². The van der Waals surface area contributed by atoms with Crippen LogP contribution in [0.25, 0.3) is 0 Å². The van der Waals surface area contributed by atoms with Crippen molar-refractivity contribution in [2.24, 2.45) is 0 Å². The summed E-state index contributed by atoms with van der Waals surface area (Å²) in [5.41, 5.74) is 0. The fraction of sp³-hybridized carbons (Fsp3) is 0. The maximum atomic E-state index is 0. The zero-order valence-corrected chi connectivity index (χ0v) is 4.61. The molecule has 0 aromatic rings. The molecule has 0 aromatic heterocycles. The molecular formula is AlO2Ti+3. The van der Waals surface area contributed by atoms with E-state index in [0.29, 0.717) is 0 Å². The number of hydrogen-bond acceptors (Lipinski definition) is 0. The van der Waals surface area contributed by atoms with Crippen LogP contribution < -0.4 is 0 Å². The van der Waals surface area contributed by atoms with E-state index in [1.165, 1.54) is 0 Å². The third-order valence-electron chi connectivity index (χ3n) is 0. The number of hydrogen-bond donors (Lipinski definition) is 0. The van der Waals surface area contributed by atoms with Crippen molar-refractivity contribution in [2.45, 2.75) is 0 Å². The third kappa shape index (κ3) is 10.9. The Balaban J connectivity index is 0. The van der Waals surface area contributed by atoms with Crippen molar-refractivity contribution in [3.05, 3.63) is 0 Å². The SMILES string of the molecule is [Al+3].[O-2].[O-2].[Ti+4]. The van der Waals surface area contributed by atoms with Crippen LogP contribution in [0.5, 0.6) is 0 Å². The van der Waals surface area contributed by atoms with E-state index < -0.39 is 0 Å². The van der Waals surface area contributed by atoms with Crippen molar-refractivity contribution in [1.82, 2.24) is 0 Å². The van der Waals surface area contributed by atoms with Gasteiger partial charge in [-0.2, -0.15) is 0 Å². The monoisotopic (exact) mass is 107 g/mol. The molecule has 0 saturated heterocycles. The molecule has 4 heavy (non-hydrogen) atoms. The fourth-order valence-electron chi connectivity index (χ4n) is 0. The minimum atomic E-state index is 0. The minimum absolute atomic E-state index is 0. The van der Waals surface area contributed by atoms with Crippen molar-refractivity contribution in [3.8, 4) is 0 Å². The molecule has 0 spiro atoms. The molecule has 0 fully saturated rings. The summed E-state index contributed by atoms with van der Waals surface area (Å²) < 4.78 is 0. The molecular weight excluding hydrogens is 107 g/mol. The second-order valence-corrected chi connectivity index (χ2v) is 0. The van der Waals surface area contributed by atoms with Gasteiger partial charge in [-0.3, -0.25) is 0 Å². The summed E-state index contributed by atoms with van der Waals surface area (Å²) in [6.45, 7) is 0. The molecule has 0 N–H and O–H groups in total. The van der Waals surface area contributed by atoms with E-state index in [-0.39, 0.29) is 50.0 Å². The van der Waals surface area contributed by atoms with Gasteiger partial charge in [0.2, 0.25) is 0 Å². The smallest absolute Gasteiger partial charge is 2.00 e. The fourth-order valence-corrected chi connectivity index (χ4v) is 0. The van der Waals surface area contributed by atoms with Crippen molar-refractivity contribution in [2.75, 3.05) is 0 Å². The first-order chi connectivity index (χ1) is 0. The van der Waals surface area contributed by atoms with E-state index in [2.05, 4.69) is 0 Å². The molecule has 4 heteroatoms. The maximum absolute atomic E-state index is 0. The molecule has 0 heterocycles. The van der Waals surface area contributed by atoms with E-state index in [4.69, 9.17) is 0 Å². The predicted octanol–water partition coefficient (Wildman–Crippen LogP) is -0.621. The van der Waals surface area contributed by atoms with Crippen LogP contribution in [-0.2, 0) is 32.7 Å². The first-order valence-electron chi connectivity index (χ1n) is 0. The molecule has 0 radical (unpaired) electrons. The molecule has 0 aromatic carbocycles. The normalized spacial score (nSPS) is 0. The summed E-state index contributed by atoms with van der Waals surface area (Å²) >= 11 is 0. The molecule has 0 rings (SSSR count). The average molecular weight is 107 g/mol. The minimum Gasteiger partial charge on any atom is -2.00 e. The molecule has 0 atom stereocenters. The molecule has 0 bridgehead atoms. The quantitative estimate of drug-likeness (QED) is 0.370. The largest absolute Gasteiger partial charge is 4.00 e. The zero-order chi connectivity index (χ0) is 0. The van der Waals surface area contributed by atoms with Crippen LogP contribution in [0.3, 0.4) is 0 Å². The zero-order valence-electron chi connectivity index (χ0n) is 1.89. The van der Waals surface area contributed by atoms with Gasteiger partial charge in [0.05, 0.1) is 0 Å². The van der Waals surface area contributed by atoms with Gasteiger partial charge >= 0.3 is 39.1 Å². The van der Waals surface area contributed by atoms with E-state index >= 15 is 0 Å². The Morgan fingerprint density at radius 1 is 0.750 bits per heavy atom. The van der Waals surface area contributed by atoms with E-state index in [9.17, 15) is 0 Å². The van der Waals surface area contributed by atoms with Crippen molar-refractivity contribution >= 4 is 17.4 Å². The summed E-state index contributed by atoms with van der Waals surface area (Å²) in [6, 6.07) is 0. The average Bonchev–Trinajstić information content (AvgIpc) is 0. The van der Waals surface area contributed by atoms with Gasteiger partial charge < -0.3 is 11.0 Å². The summed E-state index contributed by atoms with van der Waals surface area (Å²) in [7, 11) is 0. The molecule has 0 aliphatic rings. The van der Waals surface area contributed by atoms with Crippen molar-refractivity contribution in [3.63, 3.8) is 0 Å². The second kappa shape index (κ2) is 30.7. The Hall–Kier alpha value is 1.17.